The molecule has 18 heavy (non-hydrogen) atoms. The molecule has 0 amide bonds. The van der Waals surface area contributed by atoms with Crippen molar-refractivity contribution in [3.8, 4) is 0 Å². The number of methoxy groups -OCH3 is 1. The number of H-pyrrole nitrogens is 1. The molecule has 1 atom stereocenters. The van der Waals surface area contributed by atoms with Gasteiger partial charge in [-0.1, -0.05) is 0 Å². The Labute approximate surface area is 108 Å². The zero-order chi connectivity index (χ0) is 13.1. The van der Waals surface area contributed by atoms with Crippen molar-refractivity contribution in [1.82, 2.24) is 9.97 Å². The van der Waals surface area contributed by atoms with Gasteiger partial charge in [-0.3, -0.25) is 0 Å². The molecule has 1 aromatic heterocycles. The van der Waals surface area contributed by atoms with Crippen LogP contribution in [-0.4, -0.2) is 23.7 Å². The van der Waals surface area contributed by atoms with Crippen molar-refractivity contribution in [2.75, 3.05) is 13.7 Å². The van der Waals surface area contributed by atoms with Crippen LogP contribution in [0.5, 0.6) is 0 Å². The molecule has 98 valence electrons. The lowest BCUT2D eigenvalue weighted by Gasteiger charge is -2.07. The molecule has 2 aromatic rings. The third-order valence-corrected chi connectivity index (χ3v) is 3.33. The highest BCUT2D eigenvalue weighted by Crippen LogP contribution is 2.21. The van der Waals surface area contributed by atoms with Gasteiger partial charge in [-0.25, -0.2) is 4.98 Å². The number of nitrogens with one attached hydrogen (secondary N) is 1. The van der Waals surface area contributed by atoms with Gasteiger partial charge in [0.2, 0.25) is 0 Å². The van der Waals surface area contributed by atoms with E-state index in [2.05, 4.69) is 35.9 Å². The molecule has 1 aromatic carbocycles. The molecular weight excluding hydrogens is 226 g/mol. The van der Waals surface area contributed by atoms with Gasteiger partial charge in [0.05, 0.1) is 17.1 Å². The zero-order valence-corrected chi connectivity index (χ0v) is 11.3. The second kappa shape index (κ2) is 5.50. The van der Waals surface area contributed by atoms with Gasteiger partial charge >= 0.3 is 0 Å². The van der Waals surface area contributed by atoms with Gasteiger partial charge in [0.1, 0.15) is 5.82 Å². The van der Waals surface area contributed by atoms with Crippen LogP contribution in [0.2, 0.25) is 0 Å². The summed E-state index contributed by atoms with van der Waals surface area (Å²) in [7, 11) is 1.71. The van der Waals surface area contributed by atoms with Crippen molar-refractivity contribution in [3.05, 3.63) is 29.1 Å². The minimum atomic E-state index is -0.0480. The maximum absolute atomic E-state index is 6.13. The number of imidazole rings is 1. The average Bonchev–Trinajstić information content (AvgIpc) is 2.73. The number of hydrogen-bond acceptors (Lipinski definition) is 3. The average molecular weight is 247 g/mol. The normalized spacial score (nSPS) is 13.1. The van der Waals surface area contributed by atoms with Crippen LogP contribution in [0.4, 0.5) is 0 Å². The highest BCUT2D eigenvalue weighted by molar-refractivity contribution is 5.77. The lowest BCUT2D eigenvalue weighted by molar-refractivity contribution is 0.190. The Morgan fingerprint density at radius 1 is 1.33 bits per heavy atom. The number of fused-ring (bicyclic) bond motifs is 1. The molecule has 0 aliphatic carbocycles. The number of nitrogens with zero attached hydrogens (tertiary/aromatic N) is 1. The third-order valence-electron chi connectivity index (χ3n) is 3.33. The minimum Gasteiger partial charge on any atom is -0.385 e. The summed E-state index contributed by atoms with van der Waals surface area (Å²) in [6.45, 7) is 4.95. The van der Waals surface area contributed by atoms with E-state index in [1.54, 1.807) is 7.11 Å². The maximum atomic E-state index is 6.13. The maximum Gasteiger partial charge on any atom is 0.124 e. The summed E-state index contributed by atoms with van der Waals surface area (Å²) in [6.07, 6.45) is 1.83. The standard InChI is InChI=1S/C14H21N3O/c1-9-7-12-13(8-10(9)2)17-14(16-12)11(15)5-4-6-18-3/h7-8,11H,4-6,15H2,1-3H3,(H,16,17). The number of rotatable bonds is 5. The van der Waals surface area contributed by atoms with E-state index < -0.39 is 0 Å². The van der Waals surface area contributed by atoms with Crippen LogP contribution in [0.1, 0.15) is 35.8 Å². The summed E-state index contributed by atoms with van der Waals surface area (Å²) in [6, 6.07) is 4.18. The van der Waals surface area contributed by atoms with E-state index in [1.807, 2.05) is 0 Å². The largest absolute Gasteiger partial charge is 0.385 e. The number of aromatic amines is 1. The number of aryl methyl sites for hydroxylation is 2. The van der Waals surface area contributed by atoms with Crippen LogP contribution in [0.15, 0.2) is 12.1 Å². The molecule has 2 rings (SSSR count). The van der Waals surface area contributed by atoms with Gasteiger partial charge in [-0.15, -0.1) is 0 Å². The molecule has 0 aliphatic heterocycles. The fourth-order valence-electron chi connectivity index (χ4n) is 2.05. The summed E-state index contributed by atoms with van der Waals surface area (Å²) < 4.78 is 5.03. The van der Waals surface area contributed by atoms with Crippen LogP contribution in [-0.2, 0) is 4.74 Å². The predicted molar refractivity (Wildman–Crippen MR) is 73.6 cm³/mol. The van der Waals surface area contributed by atoms with Crippen molar-refractivity contribution in [2.24, 2.45) is 5.73 Å². The molecule has 0 fully saturated rings. The SMILES string of the molecule is COCCCC(N)c1nc2cc(C)c(C)cc2[nH]1. The van der Waals surface area contributed by atoms with Crippen molar-refractivity contribution in [1.29, 1.82) is 0 Å². The van der Waals surface area contributed by atoms with Gasteiger partial charge in [-0.2, -0.15) is 0 Å². The Hall–Kier alpha value is -1.39. The van der Waals surface area contributed by atoms with Crippen molar-refractivity contribution in [2.45, 2.75) is 32.7 Å². The Balaban J connectivity index is 2.19. The Kier molecular flexibility index (Phi) is 3.99. The van der Waals surface area contributed by atoms with E-state index in [0.717, 1.165) is 36.3 Å². The number of ether oxygens (including phenoxy) is 1. The van der Waals surface area contributed by atoms with E-state index in [9.17, 15) is 0 Å². The summed E-state index contributed by atoms with van der Waals surface area (Å²) in [5.41, 5.74) is 10.7. The molecule has 0 saturated heterocycles. The van der Waals surface area contributed by atoms with Crippen LogP contribution < -0.4 is 5.73 Å². The zero-order valence-electron chi connectivity index (χ0n) is 11.3. The molecule has 3 N–H and O–H groups in total. The molecule has 0 saturated carbocycles. The molecule has 0 radical (unpaired) electrons. The van der Waals surface area contributed by atoms with Gasteiger partial charge < -0.3 is 15.5 Å². The Bertz CT molecular complexity index is 494. The number of hydrogen-bond donors (Lipinski definition) is 2. The quantitative estimate of drug-likeness (QED) is 0.798. The Morgan fingerprint density at radius 3 is 2.78 bits per heavy atom. The van der Waals surface area contributed by atoms with E-state index in [0.29, 0.717) is 0 Å². The lowest BCUT2D eigenvalue weighted by Crippen LogP contribution is -2.12. The van der Waals surface area contributed by atoms with Gasteiger partial charge in [0, 0.05) is 13.7 Å². The molecule has 0 aliphatic rings. The number of nitrogens with two attached hydrogens (primary N) is 1. The van der Waals surface area contributed by atoms with Crippen LogP contribution in [0.3, 0.4) is 0 Å². The number of aromatic nitrogens is 2. The van der Waals surface area contributed by atoms with Crippen LogP contribution >= 0.6 is 0 Å². The van der Waals surface area contributed by atoms with Crippen molar-refractivity contribution < 1.29 is 4.74 Å². The van der Waals surface area contributed by atoms with E-state index >= 15 is 0 Å². The van der Waals surface area contributed by atoms with Crippen LogP contribution in [0.25, 0.3) is 11.0 Å². The fraction of sp³-hybridized carbons (Fsp3) is 0.500. The monoisotopic (exact) mass is 247 g/mol. The molecule has 1 unspecified atom stereocenters. The summed E-state index contributed by atoms with van der Waals surface area (Å²) in [5.74, 6) is 0.867. The van der Waals surface area contributed by atoms with E-state index in [4.69, 9.17) is 10.5 Å². The third kappa shape index (κ3) is 2.71. The smallest absolute Gasteiger partial charge is 0.124 e. The second-order valence-corrected chi connectivity index (χ2v) is 4.82. The van der Waals surface area contributed by atoms with Crippen LogP contribution in [0, 0.1) is 13.8 Å². The number of benzene rings is 1. The predicted octanol–water partition coefficient (Wildman–Crippen LogP) is 2.61. The van der Waals surface area contributed by atoms with Gasteiger partial charge in [0.25, 0.3) is 0 Å². The van der Waals surface area contributed by atoms with E-state index in [-0.39, 0.29) is 6.04 Å². The summed E-state index contributed by atoms with van der Waals surface area (Å²) in [5, 5.41) is 0. The van der Waals surface area contributed by atoms with Crippen molar-refractivity contribution in [3.63, 3.8) is 0 Å². The fourth-order valence-corrected chi connectivity index (χ4v) is 2.05. The first-order chi connectivity index (χ1) is 8.61. The molecular formula is C14H21N3O. The van der Waals surface area contributed by atoms with Gasteiger partial charge in [-0.05, 0) is 49.9 Å². The Morgan fingerprint density at radius 2 is 2.06 bits per heavy atom. The highest BCUT2D eigenvalue weighted by atomic mass is 16.5. The minimum absolute atomic E-state index is 0.0480. The second-order valence-electron chi connectivity index (χ2n) is 4.82. The highest BCUT2D eigenvalue weighted by Gasteiger charge is 2.11. The first kappa shape index (κ1) is 13.1. The lowest BCUT2D eigenvalue weighted by atomic mass is 10.1. The first-order valence-corrected chi connectivity index (χ1v) is 6.33. The summed E-state index contributed by atoms with van der Waals surface area (Å²) in [4.78, 5) is 7.89. The molecule has 1 heterocycles. The van der Waals surface area contributed by atoms with E-state index in [1.165, 1.54) is 11.1 Å². The molecule has 4 heteroatoms. The topological polar surface area (TPSA) is 63.9 Å². The summed E-state index contributed by atoms with van der Waals surface area (Å²) >= 11 is 0. The van der Waals surface area contributed by atoms with Crippen molar-refractivity contribution >= 4 is 11.0 Å². The molecule has 0 spiro atoms. The molecule has 4 nitrogen and oxygen atoms in total. The molecule has 0 bridgehead atoms. The van der Waals surface area contributed by atoms with Gasteiger partial charge in [0.15, 0.2) is 0 Å². The first-order valence-electron chi connectivity index (χ1n) is 6.33.